The smallest absolute Gasteiger partial charge is 0.432 e. The number of hydrogen-bond donors (Lipinski definition) is 2. The van der Waals surface area contributed by atoms with E-state index in [1.807, 2.05) is 0 Å². The average Bonchev–Trinajstić information content (AvgIpc) is 2.59. The molecular weight excluding hydrogens is 200 g/mol. The molecule has 0 bridgehead atoms. The molecule has 0 radical (unpaired) electrons. The highest BCUT2D eigenvalue weighted by Gasteiger charge is 2.11. The van der Waals surface area contributed by atoms with E-state index in [1.54, 1.807) is 0 Å². The summed E-state index contributed by atoms with van der Waals surface area (Å²) in [5.41, 5.74) is 0.299. The number of carboxylic acids is 1. The van der Waals surface area contributed by atoms with Gasteiger partial charge in [-0.25, -0.2) is 9.59 Å². The summed E-state index contributed by atoms with van der Waals surface area (Å²) >= 11 is 0. The highest BCUT2D eigenvalue weighted by atomic mass is 16.4. The Morgan fingerprint density at radius 1 is 1.27 bits per heavy atom. The third kappa shape index (κ3) is 1.41. The van der Waals surface area contributed by atoms with Gasteiger partial charge in [-0.05, 0) is 12.1 Å². The molecule has 6 heteroatoms. The van der Waals surface area contributed by atoms with Crippen LogP contribution in [0.5, 0.6) is 0 Å². The normalized spacial score (nSPS) is 10.4. The summed E-state index contributed by atoms with van der Waals surface area (Å²) in [4.78, 5) is 21.4. The molecule has 0 atom stereocenters. The van der Waals surface area contributed by atoms with Crippen molar-refractivity contribution in [3.63, 3.8) is 0 Å². The molecule has 0 aliphatic heterocycles. The van der Waals surface area contributed by atoms with Crippen LogP contribution in [0.3, 0.4) is 0 Å². The number of fused-ring (bicyclic) bond motifs is 1. The SMILES string of the molecule is O=C(O)c1ccc2cnn(C(=O)O)c2c1. The molecule has 1 aromatic heterocycles. The Bertz CT molecular complexity index is 558. The molecule has 1 aromatic carbocycles. The second-order valence-corrected chi connectivity index (χ2v) is 2.92. The molecule has 15 heavy (non-hydrogen) atoms. The first-order chi connectivity index (χ1) is 7.09. The maximum absolute atomic E-state index is 10.7. The number of rotatable bonds is 1. The van der Waals surface area contributed by atoms with E-state index in [4.69, 9.17) is 10.2 Å². The van der Waals surface area contributed by atoms with Crippen LogP contribution in [0.4, 0.5) is 4.79 Å². The van der Waals surface area contributed by atoms with Gasteiger partial charge >= 0.3 is 12.1 Å². The Morgan fingerprint density at radius 2 is 2.00 bits per heavy atom. The molecule has 0 aliphatic carbocycles. The van der Waals surface area contributed by atoms with Gasteiger partial charge in [-0.3, -0.25) is 0 Å². The van der Waals surface area contributed by atoms with E-state index in [-0.39, 0.29) is 11.1 Å². The lowest BCUT2D eigenvalue weighted by Gasteiger charge is -1.97. The first-order valence-corrected chi connectivity index (χ1v) is 4.04. The summed E-state index contributed by atoms with van der Waals surface area (Å²) < 4.78 is 0.738. The molecule has 0 amide bonds. The van der Waals surface area contributed by atoms with Crippen LogP contribution in [0, 0.1) is 0 Å². The van der Waals surface area contributed by atoms with E-state index in [0.717, 1.165) is 4.68 Å². The van der Waals surface area contributed by atoms with Gasteiger partial charge in [0.25, 0.3) is 0 Å². The fourth-order valence-corrected chi connectivity index (χ4v) is 1.30. The predicted octanol–water partition coefficient (Wildman–Crippen LogP) is 1.26. The highest BCUT2D eigenvalue weighted by molar-refractivity contribution is 5.95. The van der Waals surface area contributed by atoms with E-state index in [1.165, 1.54) is 24.4 Å². The van der Waals surface area contributed by atoms with E-state index in [2.05, 4.69) is 5.10 Å². The quantitative estimate of drug-likeness (QED) is 0.732. The van der Waals surface area contributed by atoms with Gasteiger partial charge in [0.15, 0.2) is 0 Å². The Morgan fingerprint density at radius 3 is 2.60 bits per heavy atom. The van der Waals surface area contributed by atoms with Crippen molar-refractivity contribution in [1.29, 1.82) is 0 Å². The molecule has 2 aromatic rings. The van der Waals surface area contributed by atoms with Crippen LogP contribution in [-0.4, -0.2) is 32.1 Å². The number of carbonyl (C=O) groups is 2. The minimum Gasteiger partial charge on any atom is -0.478 e. The molecule has 0 fully saturated rings. The lowest BCUT2D eigenvalue weighted by atomic mass is 10.2. The van der Waals surface area contributed by atoms with Crippen LogP contribution in [0.25, 0.3) is 10.9 Å². The fraction of sp³-hybridized carbons (Fsp3) is 0. The highest BCUT2D eigenvalue weighted by Crippen LogP contribution is 2.15. The van der Waals surface area contributed by atoms with E-state index < -0.39 is 12.1 Å². The minimum absolute atomic E-state index is 0.0329. The van der Waals surface area contributed by atoms with Crippen LogP contribution >= 0.6 is 0 Å². The minimum atomic E-state index is -1.24. The summed E-state index contributed by atoms with van der Waals surface area (Å²) in [5, 5.41) is 21.7. The molecule has 2 rings (SSSR count). The van der Waals surface area contributed by atoms with Crippen LogP contribution in [0.15, 0.2) is 24.4 Å². The monoisotopic (exact) mass is 206 g/mol. The number of aromatic carboxylic acids is 1. The first-order valence-electron chi connectivity index (χ1n) is 4.04. The molecule has 6 nitrogen and oxygen atoms in total. The van der Waals surface area contributed by atoms with Crippen molar-refractivity contribution >= 4 is 23.0 Å². The molecule has 1 heterocycles. The van der Waals surface area contributed by atoms with Crippen molar-refractivity contribution < 1.29 is 19.8 Å². The molecule has 0 aliphatic rings. The Balaban J connectivity index is 2.72. The molecule has 2 N–H and O–H groups in total. The van der Waals surface area contributed by atoms with Crippen molar-refractivity contribution in [1.82, 2.24) is 9.78 Å². The van der Waals surface area contributed by atoms with Crippen molar-refractivity contribution in [2.45, 2.75) is 0 Å². The maximum Gasteiger partial charge on any atom is 0.432 e. The molecular formula is C9H6N2O4. The fourth-order valence-electron chi connectivity index (χ4n) is 1.30. The summed E-state index contributed by atoms with van der Waals surface area (Å²) in [7, 11) is 0. The van der Waals surface area contributed by atoms with Crippen LogP contribution in [-0.2, 0) is 0 Å². The van der Waals surface area contributed by atoms with Gasteiger partial charge in [-0.2, -0.15) is 9.78 Å². The summed E-state index contributed by atoms with van der Waals surface area (Å²) in [6.07, 6.45) is 0.127. The number of hydrogen-bond acceptors (Lipinski definition) is 3. The molecule has 0 saturated heterocycles. The third-order valence-electron chi connectivity index (χ3n) is 2.00. The van der Waals surface area contributed by atoms with Crippen molar-refractivity contribution in [2.24, 2.45) is 0 Å². The molecule has 0 spiro atoms. The molecule has 0 unspecified atom stereocenters. The lowest BCUT2D eigenvalue weighted by Crippen LogP contribution is -2.09. The molecule has 0 saturated carbocycles. The van der Waals surface area contributed by atoms with E-state index in [0.29, 0.717) is 5.39 Å². The van der Waals surface area contributed by atoms with Crippen LogP contribution in [0.2, 0.25) is 0 Å². The second-order valence-electron chi connectivity index (χ2n) is 2.92. The second kappa shape index (κ2) is 3.09. The van der Waals surface area contributed by atoms with Gasteiger partial charge in [0.2, 0.25) is 0 Å². The first kappa shape index (κ1) is 9.20. The zero-order chi connectivity index (χ0) is 11.0. The number of benzene rings is 1. The summed E-state index contributed by atoms with van der Waals surface area (Å²) in [6.45, 7) is 0. The summed E-state index contributed by atoms with van der Waals surface area (Å²) in [5.74, 6) is -1.10. The average molecular weight is 206 g/mol. The van der Waals surface area contributed by atoms with Crippen molar-refractivity contribution in [3.8, 4) is 0 Å². The zero-order valence-corrected chi connectivity index (χ0v) is 7.41. The van der Waals surface area contributed by atoms with Gasteiger partial charge in [-0.1, -0.05) is 6.07 Å². The number of nitrogens with zero attached hydrogens (tertiary/aromatic N) is 2. The van der Waals surface area contributed by atoms with Gasteiger partial charge < -0.3 is 10.2 Å². The maximum atomic E-state index is 10.7. The third-order valence-corrected chi connectivity index (χ3v) is 2.00. The van der Waals surface area contributed by atoms with Crippen molar-refractivity contribution in [3.05, 3.63) is 30.0 Å². The lowest BCUT2D eigenvalue weighted by molar-refractivity contribution is 0.0697. The Hall–Kier alpha value is -2.37. The van der Waals surface area contributed by atoms with Gasteiger partial charge in [-0.15, -0.1) is 0 Å². The van der Waals surface area contributed by atoms with E-state index >= 15 is 0 Å². The largest absolute Gasteiger partial charge is 0.478 e. The van der Waals surface area contributed by atoms with Gasteiger partial charge in [0, 0.05) is 5.39 Å². The van der Waals surface area contributed by atoms with Gasteiger partial charge in [0.05, 0.1) is 17.3 Å². The Labute approximate surface area is 83.4 Å². The van der Waals surface area contributed by atoms with Crippen LogP contribution < -0.4 is 0 Å². The number of carboxylic acid groups (broad SMARTS) is 2. The Kier molecular flexibility index (Phi) is 1.89. The number of aromatic nitrogens is 2. The van der Waals surface area contributed by atoms with Gasteiger partial charge in [0.1, 0.15) is 0 Å². The van der Waals surface area contributed by atoms with E-state index in [9.17, 15) is 9.59 Å². The standard InChI is InChI=1S/C9H6N2O4/c12-8(13)5-1-2-6-4-10-11(9(14)15)7(6)3-5/h1-4H,(H,12,13)(H,14,15). The topological polar surface area (TPSA) is 92.4 Å². The zero-order valence-electron chi connectivity index (χ0n) is 7.41. The predicted molar refractivity (Wildman–Crippen MR) is 50.1 cm³/mol. The molecule has 76 valence electrons. The van der Waals surface area contributed by atoms with Crippen LogP contribution in [0.1, 0.15) is 10.4 Å². The van der Waals surface area contributed by atoms with Crippen molar-refractivity contribution in [2.75, 3.05) is 0 Å². The summed E-state index contributed by atoms with van der Waals surface area (Å²) in [6, 6.07) is 4.20.